The van der Waals surface area contributed by atoms with Crippen LogP contribution in [0.15, 0.2) is 139 Å². The molecule has 8 nitrogen and oxygen atoms in total. The second-order valence-electron chi connectivity index (χ2n) is 14.8. The summed E-state index contributed by atoms with van der Waals surface area (Å²) in [6, 6.07) is 36.0. The second-order valence-corrected chi connectivity index (χ2v) is 17.8. The molecule has 1 heterocycles. The Labute approximate surface area is 382 Å². The van der Waals surface area contributed by atoms with E-state index in [1.54, 1.807) is 0 Å². The Morgan fingerprint density at radius 3 is 2.07 bits per heavy atom. The third-order valence-electron chi connectivity index (χ3n) is 10.3. The molecule has 0 saturated carbocycles. The zero-order chi connectivity index (χ0) is 41.8. The number of nitrogens with one attached hydrogen (secondary N) is 1. The zero-order valence-electron chi connectivity index (χ0n) is 33.7. The molecule has 0 saturated heterocycles. The number of carbonyl (C=O) groups excluding carboxylic acids is 1. The highest BCUT2D eigenvalue weighted by atomic mass is 127. The minimum Gasteiger partial charge on any atom is -0.491 e. The molecule has 6 aromatic carbocycles. The summed E-state index contributed by atoms with van der Waals surface area (Å²) in [5.74, 6) is 1.43. The molecule has 6 aromatic rings. The lowest BCUT2D eigenvalue weighted by molar-refractivity contribution is -0.110. The standard InChI is InChI=1S/C49H46Br2IN5O3/c1-32-15-9-12-18-43(32)55-54-37-21-23-44(33(2)27-37)56-57-47-38-17-11-10-16-35(38)19-24-46(47)59-25-13-7-5-3-4-6-8-14-26-60-48-41(50)29-34(30-42(48)51)28-40-39-31-36(52)20-22-45(39)53-49(40)58/h9-12,15-24,27-31H,3-8,13-14,25-26H2,1-2H3,(H,53,58)/b40-28?,55-54+,57-56+. The van der Waals surface area contributed by atoms with E-state index >= 15 is 0 Å². The Bertz CT molecular complexity index is 2570. The van der Waals surface area contributed by atoms with Crippen molar-refractivity contribution in [3.8, 4) is 11.5 Å². The van der Waals surface area contributed by atoms with Crippen LogP contribution in [0.4, 0.5) is 28.4 Å². The number of hydrogen-bond donors (Lipinski definition) is 1. The van der Waals surface area contributed by atoms with E-state index in [0.717, 1.165) is 111 Å². The second kappa shape index (κ2) is 21.2. The van der Waals surface area contributed by atoms with Gasteiger partial charge in [0, 0.05) is 25.8 Å². The molecule has 0 spiro atoms. The van der Waals surface area contributed by atoms with Crippen molar-refractivity contribution < 1.29 is 14.3 Å². The minimum absolute atomic E-state index is 0.0896. The average molecular weight is 1040 g/mol. The lowest BCUT2D eigenvalue weighted by atomic mass is 10.0. The predicted molar refractivity (Wildman–Crippen MR) is 260 cm³/mol. The first kappa shape index (κ1) is 43.4. The van der Waals surface area contributed by atoms with Crippen molar-refractivity contribution in [2.75, 3.05) is 18.5 Å². The number of amides is 1. The molecule has 7 rings (SSSR count). The zero-order valence-corrected chi connectivity index (χ0v) is 39.0. The normalized spacial score (nSPS) is 13.2. The van der Waals surface area contributed by atoms with Gasteiger partial charge in [0.1, 0.15) is 17.2 Å². The molecule has 0 unspecified atom stereocenters. The van der Waals surface area contributed by atoms with Gasteiger partial charge in [-0.2, -0.15) is 15.3 Å². The molecule has 0 bridgehead atoms. The van der Waals surface area contributed by atoms with Gasteiger partial charge in [0.15, 0.2) is 0 Å². The van der Waals surface area contributed by atoms with Crippen molar-refractivity contribution in [3.05, 3.63) is 144 Å². The number of ether oxygens (including phenoxy) is 2. The minimum atomic E-state index is -0.0896. The van der Waals surface area contributed by atoms with Gasteiger partial charge in [-0.05, 0) is 170 Å². The Kier molecular flexibility index (Phi) is 15.3. The van der Waals surface area contributed by atoms with Crippen molar-refractivity contribution in [2.45, 2.75) is 65.2 Å². The van der Waals surface area contributed by atoms with Crippen LogP contribution in [0.1, 0.15) is 73.6 Å². The highest BCUT2D eigenvalue weighted by Crippen LogP contribution is 2.40. The van der Waals surface area contributed by atoms with Gasteiger partial charge in [-0.15, -0.1) is 5.11 Å². The van der Waals surface area contributed by atoms with Gasteiger partial charge in [-0.3, -0.25) is 4.79 Å². The van der Waals surface area contributed by atoms with Crippen LogP contribution in [0.2, 0.25) is 0 Å². The summed E-state index contributed by atoms with van der Waals surface area (Å²) in [6.07, 6.45) is 10.9. The fraction of sp³-hybridized carbons (Fsp3) is 0.245. The Balaban J connectivity index is 0.823. The number of anilines is 1. The predicted octanol–water partition coefficient (Wildman–Crippen LogP) is 16.5. The van der Waals surface area contributed by atoms with Crippen LogP contribution in [0.3, 0.4) is 0 Å². The van der Waals surface area contributed by atoms with Crippen LogP contribution >= 0.6 is 54.5 Å². The molecule has 306 valence electrons. The fourth-order valence-corrected chi connectivity index (χ4v) is 8.99. The Morgan fingerprint density at radius 1 is 0.650 bits per heavy atom. The van der Waals surface area contributed by atoms with Gasteiger partial charge in [-0.1, -0.05) is 87.1 Å². The molecule has 0 fully saturated rings. The number of azo groups is 2. The van der Waals surface area contributed by atoms with Crippen LogP contribution in [0, 0.1) is 17.4 Å². The largest absolute Gasteiger partial charge is 0.491 e. The van der Waals surface area contributed by atoms with Crippen LogP contribution in [-0.2, 0) is 4.79 Å². The average Bonchev–Trinajstić information content (AvgIpc) is 3.54. The first-order valence-corrected chi connectivity index (χ1v) is 23.0. The van der Waals surface area contributed by atoms with Crippen molar-refractivity contribution in [1.82, 2.24) is 0 Å². The van der Waals surface area contributed by atoms with Gasteiger partial charge in [0.05, 0.1) is 39.2 Å². The van der Waals surface area contributed by atoms with Gasteiger partial charge >= 0.3 is 0 Å². The van der Waals surface area contributed by atoms with Crippen molar-refractivity contribution in [1.29, 1.82) is 0 Å². The van der Waals surface area contributed by atoms with Crippen LogP contribution < -0.4 is 14.8 Å². The van der Waals surface area contributed by atoms with Gasteiger partial charge in [-0.25, -0.2) is 0 Å². The number of rotatable bonds is 18. The number of fused-ring (bicyclic) bond motifs is 2. The molecule has 0 aromatic heterocycles. The third kappa shape index (κ3) is 11.3. The van der Waals surface area contributed by atoms with E-state index in [-0.39, 0.29) is 5.91 Å². The molecule has 1 aliphatic heterocycles. The topological polar surface area (TPSA) is 97.0 Å². The van der Waals surface area contributed by atoms with Crippen molar-refractivity contribution in [2.24, 2.45) is 20.5 Å². The smallest absolute Gasteiger partial charge is 0.256 e. The maximum Gasteiger partial charge on any atom is 0.256 e. The molecular weight excluding hydrogens is 993 g/mol. The van der Waals surface area contributed by atoms with E-state index in [9.17, 15) is 4.79 Å². The molecule has 1 aliphatic rings. The number of carbonyl (C=O) groups is 1. The highest BCUT2D eigenvalue weighted by Gasteiger charge is 2.24. The lowest BCUT2D eigenvalue weighted by Gasteiger charge is -2.12. The summed E-state index contributed by atoms with van der Waals surface area (Å²) >= 11 is 9.63. The number of unbranched alkanes of at least 4 members (excludes halogenated alkanes) is 7. The van der Waals surface area contributed by atoms with E-state index in [2.05, 4.69) is 93.3 Å². The Morgan fingerprint density at radius 2 is 1.32 bits per heavy atom. The summed E-state index contributed by atoms with van der Waals surface area (Å²) in [6.45, 7) is 5.31. The maximum atomic E-state index is 12.7. The lowest BCUT2D eigenvalue weighted by Crippen LogP contribution is -2.03. The van der Waals surface area contributed by atoms with Crippen LogP contribution in [-0.4, -0.2) is 19.1 Å². The monoisotopic (exact) mass is 1040 g/mol. The van der Waals surface area contributed by atoms with E-state index in [1.807, 2.05) is 111 Å². The number of aryl methyl sites for hydroxylation is 2. The number of hydrogen-bond acceptors (Lipinski definition) is 7. The van der Waals surface area contributed by atoms with Gasteiger partial charge in [0.2, 0.25) is 0 Å². The number of nitrogens with zero attached hydrogens (tertiary/aromatic N) is 4. The fourth-order valence-electron chi connectivity index (χ4n) is 7.05. The molecule has 0 aliphatic carbocycles. The molecule has 11 heteroatoms. The first-order valence-electron chi connectivity index (χ1n) is 20.3. The van der Waals surface area contributed by atoms with Crippen LogP contribution in [0.5, 0.6) is 11.5 Å². The van der Waals surface area contributed by atoms with Crippen molar-refractivity contribution in [3.63, 3.8) is 0 Å². The molecule has 0 radical (unpaired) electrons. The summed E-state index contributed by atoms with van der Waals surface area (Å²) in [5, 5.41) is 23.3. The van der Waals surface area contributed by atoms with E-state index in [1.165, 1.54) is 25.7 Å². The molecule has 0 atom stereocenters. The third-order valence-corrected chi connectivity index (χ3v) is 12.2. The van der Waals surface area contributed by atoms with Gasteiger partial charge < -0.3 is 14.8 Å². The van der Waals surface area contributed by atoms with Crippen LogP contribution in [0.25, 0.3) is 22.4 Å². The summed E-state index contributed by atoms with van der Waals surface area (Å²) in [4.78, 5) is 12.7. The SMILES string of the molecule is Cc1ccccc1/N=N/c1ccc(/N=N/c2c(OCCCCCCCCCCOc3c(Br)cc(C=C4C(=O)Nc5ccc(I)cc54)cc3Br)ccc3ccccc23)c(C)c1. The number of benzene rings is 6. The van der Waals surface area contributed by atoms with Gasteiger partial charge in [0.25, 0.3) is 5.91 Å². The molecule has 1 N–H and O–H groups in total. The highest BCUT2D eigenvalue weighted by molar-refractivity contribution is 14.1. The summed E-state index contributed by atoms with van der Waals surface area (Å²) < 4.78 is 15.3. The summed E-state index contributed by atoms with van der Waals surface area (Å²) in [7, 11) is 0. The molecule has 1 amide bonds. The van der Waals surface area contributed by atoms with E-state index in [0.29, 0.717) is 18.8 Å². The van der Waals surface area contributed by atoms with E-state index < -0.39 is 0 Å². The maximum absolute atomic E-state index is 12.7. The molecule has 60 heavy (non-hydrogen) atoms. The quantitative estimate of drug-likeness (QED) is 0.0402. The molecular formula is C49H46Br2IN5O3. The Hall–Kier alpha value is -4.72. The summed E-state index contributed by atoms with van der Waals surface area (Å²) in [5.41, 5.74) is 8.53. The number of halogens is 3. The van der Waals surface area contributed by atoms with E-state index in [4.69, 9.17) is 14.6 Å². The van der Waals surface area contributed by atoms with Crippen molar-refractivity contribution >= 4 is 111 Å². The first-order chi connectivity index (χ1) is 29.2.